The van der Waals surface area contributed by atoms with Crippen LogP contribution >= 0.6 is 22.9 Å². The van der Waals surface area contributed by atoms with Gasteiger partial charge in [0.2, 0.25) is 0 Å². The standard InChI is InChI=1S/C13H21ClN2S/c1-16(10-12-6-7-13(14)17-12)9-11-5-3-2-4-8-15-11/h6-7,11,15H,2-5,8-10H2,1H3. The molecular formula is C13H21ClN2S. The zero-order valence-corrected chi connectivity index (χ0v) is 12.0. The van der Waals surface area contributed by atoms with Crippen molar-refractivity contribution in [3.05, 3.63) is 21.3 Å². The van der Waals surface area contributed by atoms with Crippen LogP contribution in [0.15, 0.2) is 12.1 Å². The van der Waals surface area contributed by atoms with Gasteiger partial charge in [-0.25, -0.2) is 0 Å². The van der Waals surface area contributed by atoms with Crippen molar-refractivity contribution in [1.29, 1.82) is 0 Å². The molecule has 0 saturated carbocycles. The molecule has 96 valence electrons. The molecule has 1 fully saturated rings. The van der Waals surface area contributed by atoms with E-state index in [1.165, 1.54) is 37.1 Å². The predicted octanol–water partition coefficient (Wildman–Crippen LogP) is 3.37. The molecule has 0 aliphatic carbocycles. The molecule has 0 bridgehead atoms. The molecule has 1 aliphatic rings. The third-order valence-electron chi connectivity index (χ3n) is 3.25. The maximum atomic E-state index is 5.94. The van der Waals surface area contributed by atoms with Gasteiger partial charge in [-0.1, -0.05) is 24.4 Å². The molecule has 1 aromatic rings. The lowest BCUT2D eigenvalue weighted by Crippen LogP contribution is -2.38. The summed E-state index contributed by atoms with van der Waals surface area (Å²) in [4.78, 5) is 3.75. The van der Waals surface area contributed by atoms with Gasteiger partial charge in [0, 0.05) is 24.0 Å². The first-order valence-corrected chi connectivity index (χ1v) is 7.59. The van der Waals surface area contributed by atoms with E-state index < -0.39 is 0 Å². The van der Waals surface area contributed by atoms with Crippen molar-refractivity contribution in [3.8, 4) is 0 Å². The van der Waals surface area contributed by atoms with Crippen LogP contribution in [0.2, 0.25) is 4.34 Å². The normalized spacial score (nSPS) is 21.7. The fourth-order valence-electron chi connectivity index (χ4n) is 2.40. The van der Waals surface area contributed by atoms with Crippen molar-refractivity contribution >= 4 is 22.9 Å². The fraction of sp³-hybridized carbons (Fsp3) is 0.692. The van der Waals surface area contributed by atoms with E-state index in [-0.39, 0.29) is 0 Å². The lowest BCUT2D eigenvalue weighted by Gasteiger charge is -2.23. The zero-order chi connectivity index (χ0) is 12.1. The third-order valence-corrected chi connectivity index (χ3v) is 4.46. The van der Waals surface area contributed by atoms with Crippen LogP contribution in [0.5, 0.6) is 0 Å². The van der Waals surface area contributed by atoms with Gasteiger partial charge in [-0.3, -0.25) is 4.90 Å². The highest BCUT2D eigenvalue weighted by Crippen LogP contribution is 2.22. The number of halogens is 1. The topological polar surface area (TPSA) is 15.3 Å². The Bertz CT molecular complexity index is 332. The molecule has 2 nitrogen and oxygen atoms in total. The third kappa shape index (κ3) is 4.59. The highest BCUT2D eigenvalue weighted by molar-refractivity contribution is 7.16. The molecule has 1 N–H and O–H groups in total. The SMILES string of the molecule is CN(Cc1ccc(Cl)s1)CC1CCCCCN1. The zero-order valence-electron chi connectivity index (χ0n) is 10.4. The van der Waals surface area contributed by atoms with E-state index in [1.54, 1.807) is 11.3 Å². The van der Waals surface area contributed by atoms with E-state index in [9.17, 15) is 0 Å². The Labute approximate surface area is 113 Å². The van der Waals surface area contributed by atoms with Crippen LogP contribution in [0.4, 0.5) is 0 Å². The van der Waals surface area contributed by atoms with Gasteiger partial charge in [0.05, 0.1) is 4.34 Å². The monoisotopic (exact) mass is 272 g/mol. The Hall–Kier alpha value is -0.0900. The van der Waals surface area contributed by atoms with Crippen LogP contribution in [-0.4, -0.2) is 31.1 Å². The maximum absolute atomic E-state index is 5.94. The summed E-state index contributed by atoms with van der Waals surface area (Å²) in [7, 11) is 2.19. The molecule has 17 heavy (non-hydrogen) atoms. The Morgan fingerprint density at radius 1 is 1.41 bits per heavy atom. The lowest BCUT2D eigenvalue weighted by atomic mass is 10.1. The lowest BCUT2D eigenvalue weighted by molar-refractivity contribution is 0.280. The number of nitrogens with one attached hydrogen (secondary N) is 1. The van der Waals surface area contributed by atoms with E-state index in [0.29, 0.717) is 6.04 Å². The molecule has 1 aliphatic heterocycles. The van der Waals surface area contributed by atoms with Crippen LogP contribution in [0, 0.1) is 0 Å². The first kappa shape index (κ1) is 13.3. The van der Waals surface area contributed by atoms with Gasteiger partial charge in [0.1, 0.15) is 0 Å². The van der Waals surface area contributed by atoms with Crippen molar-refractivity contribution in [2.45, 2.75) is 38.3 Å². The van der Waals surface area contributed by atoms with Gasteiger partial charge in [-0.2, -0.15) is 0 Å². The van der Waals surface area contributed by atoms with Crippen molar-refractivity contribution in [2.75, 3.05) is 20.1 Å². The second kappa shape index (κ2) is 6.74. The minimum atomic E-state index is 0.665. The van der Waals surface area contributed by atoms with Gasteiger partial charge in [-0.05, 0) is 38.6 Å². The van der Waals surface area contributed by atoms with Crippen LogP contribution in [0.25, 0.3) is 0 Å². The molecule has 0 aromatic carbocycles. The Morgan fingerprint density at radius 2 is 2.29 bits per heavy atom. The Kier molecular flexibility index (Phi) is 5.29. The summed E-state index contributed by atoms with van der Waals surface area (Å²) in [5.74, 6) is 0. The second-order valence-corrected chi connectivity index (χ2v) is 6.70. The van der Waals surface area contributed by atoms with Gasteiger partial charge in [0.15, 0.2) is 0 Å². The molecule has 1 saturated heterocycles. The maximum Gasteiger partial charge on any atom is 0.0931 e. The minimum absolute atomic E-state index is 0.665. The number of rotatable bonds is 4. The molecule has 2 rings (SSSR count). The van der Waals surface area contributed by atoms with Crippen molar-refractivity contribution in [3.63, 3.8) is 0 Å². The van der Waals surface area contributed by atoms with Crippen molar-refractivity contribution < 1.29 is 0 Å². The quantitative estimate of drug-likeness (QED) is 0.904. The Morgan fingerprint density at radius 3 is 3.06 bits per heavy atom. The molecule has 0 radical (unpaired) electrons. The largest absolute Gasteiger partial charge is 0.313 e. The Balaban J connectivity index is 1.77. The highest BCUT2D eigenvalue weighted by Gasteiger charge is 2.14. The average Bonchev–Trinajstić information content (AvgIpc) is 2.53. The molecule has 0 spiro atoms. The number of hydrogen-bond acceptors (Lipinski definition) is 3. The average molecular weight is 273 g/mol. The van der Waals surface area contributed by atoms with Crippen LogP contribution in [-0.2, 0) is 6.54 Å². The summed E-state index contributed by atoms with van der Waals surface area (Å²) in [6.45, 7) is 3.33. The summed E-state index contributed by atoms with van der Waals surface area (Å²) in [6, 6.07) is 4.78. The first-order chi connectivity index (χ1) is 8.24. The summed E-state index contributed by atoms with van der Waals surface area (Å²) < 4.78 is 0.890. The van der Waals surface area contributed by atoms with Crippen LogP contribution in [0.1, 0.15) is 30.6 Å². The second-order valence-electron chi connectivity index (χ2n) is 4.90. The number of thiophene rings is 1. The summed E-state index contributed by atoms with van der Waals surface area (Å²) in [6.07, 6.45) is 5.40. The summed E-state index contributed by atoms with van der Waals surface area (Å²) in [5, 5.41) is 3.64. The number of hydrogen-bond donors (Lipinski definition) is 1. The van der Waals surface area contributed by atoms with Gasteiger partial charge >= 0.3 is 0 Å². The number of likely N-dealkylation sites (N-methyl/N-ethyl adjacent to an activating group) is 1. The molecular weight excluding hydrogens is 252 g/mol. The van der Waals surface area contributed by atoms with E-state index in [0.717, 1.165) is 17.4 Å². The smallest absolute Gasteiger partial charge is 0.0931 e. The van der Waals surface area contributed by atoms with E-state index in [2.05, 4.69) is 23.3 Å². The van der Waals surface area contributed by atoms with Crippen LogP contribution < -0.4 is 5.32 Å². The minimum Gasteiger partial charge on any atom is -0.313 e. The van der Waals surface area contributed by atoms with Gasteiger partial charge < -0.3 is 5.32 Å². The number of nitrogens with zero attached hydrogens (tertiary/aromatic N) is 1. The van der Waals surface area contributed by atoms with E-state index in [1.807, 2.05) is 6.07 Å². The predicted molar refractivity (Wildman–Crippen MR) is 75.9 cm³/mol. The van der Waals surface area contributed by atoms with Crippen LogP contribution in [0.3, 0.4) is 0 Å². The highest BCUT2D eigenvalue weighted by atomic mass is 35.5. The van der Waals surface area contributed by atoms with E-state index in [4.69, 9.17) is 11.6 Å². The first-order valence-electron chi connectivity index (χ1n) is 6.40. The molecule has 0 amide bonds. The van der Waals surface area contributed by atoms with Crippen molar-refractivity contribution in [2.24, 2.45) is 0 Å². The molecule has 2 heterocycles. The summed E-state index contributed by atoms with van der Waals surface area (Å²) >= 11 is 7.63. The van der Waals surface area contributed by atoms with Gasteiger partial charge in [-0.15, -0.1) is 11.3 Å². The molecule has 4 heteroatoms. The van der Waals surface area contributed by atoms with E-state index >= 15 is 0 Å². The molecule has 1 atom stereocenters. The molecule has 1 unspecified atom stereocenters. The summed E-state index contributed by atoms with van der Waals surface area (Å²) in [5.41, 5.74) is 0. The van der Waals surface area contributed by atoms with Gasteiger partial charge in [0.25, 0.3) is 0 Å². The fourth-order valence-corrected chi connectivity index (χ4v) is 3.57. The molecule has 1 aromatic heterocycles. The van der Waals surface area contributed by atoms with Crippen molar-refractivity contribution in [1.82, 2.24) is 10.2 Å².